The summed E-state index contributed by atoms with van der Waals surface area (Å²) in [5, 5.41) is 0. The summed E-state index contributed by atoms with van der Waals surface area (Å²) in [6, 6.07) is 16.8. The Kier molecular flexibility index (Phi) is 4.17. The molecule has 126 valence electrons. The van der Waals surface area contributed by atoms with Crippen LogP contribution in [0.15, 0.2) is 64.8 Å². The normalized spacial score (nSPS) is 17.8. The van der Waals surface area contributed by atoms with Crippen molar-refractivity contribution in [3.63, 3.8) is 0 Å². The number of hydrogen-bond acceptors (Lipinski definition) is 3. The predicted molar refractivity (Wildman–Crippen MR) is 101 cm³/mol. The highest BCUT2D eigenvalue weighted by molar-refractivity contribution is 9.10. The second kappa shape index (κ2) is 6.48. The van der Waals surface area contributed by atoms with E-state index >= 15 is 0 Å². The van der Waals surface area contributed by atoms with Crippen LogP contribution >= 0.6 is 15.9 Å². The number of carbonyl (C=O) groups is 2. The minimum Gasteiger partial charge on any atom is -0.366 e. The molecule has 1 fully saturated rings. The molecule has 25 heavy (non-hydrogen) atoms. The van der Waals surface area contributed by atoms with Gasteiger partial charge in [-0.15, -0.1) is 0 Å². The summed E-state index contributed by atoms with van der Waals surface area (Å²) in [4.78, 5) is 29.7. The highest BCUT2D eigenvalue weighted by atomic mass is 79.9. The minimum atomic E-state index is -0.254. The Morgan fingerprint density at radius 3 is 2.24 bits per heavy atom. The van der Waals surface area contributed by atoms with E-state index < -0.39 is 0 Å². The van der Waals surface area contributed by atoms with Crippen LogP contribution in [0, 0.1) is 0 Å². The van der Waals surface area contributed by atoms with E-state index in [0.717, 1.165) is 36.0 Å². The standard InChI is InChI=1S/C20H17BrN2O2/c21-15-9-6-10-16(13-15)23-19(24)17(14-7-2-1-3-8-14)18(20(23)25)22-11-4-5-12-22/h1-3,6-10,13H,4-5,11-12H2. The van der Waals surface area contributed by atoms with Gasteiger partial charge in [0.15, 0.2) is 0 Å². The van der Waals surface area contributed by atoms with Crippen molar-refractivity contribution in [1.82, 2.24) is 4.90 Å². The van der Waals surface area contributed by atoms with E-state index in [1.165, 1.54) is 4.90 Å². The summed E-state index contributed by atoms with van der Waals surface area (Å²) in [5.41, 5.74) is 2.42. The topological polar surface area (TPSA) is 40.6 Å². The van der Waals surface area contributed by atoms with E-state index in [1.807, 2.05) is 42.5 Å². The van der Waals surface area contributed by atoms with E-state index in [9.17, 15) is 9.59 Å². The zero-order chi connectivity index (χ0) is 17.4. The van der Waals surface area contributed by atoms with Crippen molar-refractivity contribution < 1.29 is 9.59 Å². The lowest BCUT2D eigenvalue weighted by molar-refractivity contribution is -0.120. The van der Waals surface area contributed by atoms with Gasteiger partial charge < -0.3 is 4.90 Å². The van der Waals surface area contributed by atoms with E-state index in [4.69, 9.17) is 0 Å². The number of imide groups is 1. The first-order chi connectivity index (χ1) is 12.2. The third-order valence-corrected chi connectivity index (χ3v) is 5.10. The molecular formula is C20H17BrN2O2. The number of hydrogen-bond donors (Lipinski definition) is 0. The molecule has 0 aromatic heterocycles. The maximum absolute atomic E-state index is 13.2. The molecule has 0 bridgehead atoms. The van der Waals surface area contributed by atoms with Crippen LogP contribution in [0.3, 0.4) is 0 Å². The SMILES string of the molecule is O=C1C(c2ccccc2)=C(N2CCCC2)C(=O)N1c1cccc(Br)c1. The van der Waals surface area contributed by atoms with Crippen molar-refractivity contribution >= 4 is 39.0 Å². The molecule has 2 heterocycles. The fraction of sp³-hybridized carbons (Fsp3) is 0.200. The van der Waals surface area contributed by atoms with E-state index in [0.29, 0.717) is 17.0 Å². The molecule has 0 N–H and O–H groups in total. The summed E-state index contributed by atoms with van der Waals surface area (Å²) in [6.45, 7) is 1.63. The molecule has 0 unspecified atom stereocenters. The van der Waals surface area contributed by atoms with Crippen LogP contribution in [0.25, 0.3) is 5.57 Å². The molecule has 0 atom stereocenters. The second-order valence-electron chi connectivity index (χ2n) is 6.21. The largest absolute Gasteiger partial charge is 0.366 e. The van der Waals surface area contributed by atoms with E-state index in [-0.39, 0.29) is 11.8 Å². The maximum atomic E-state index is 13.2. The Labute approximate surface area is 154 Å². The average molecular weight is 397 g/mol. The molecule has 4 nitrogen and oxygen atoms in total. The number of amides is 2. The van der Waals surface area contributed by atoms with Gasteiger partial charge in [-0.1, -0.05) is 52.3 Å². The van der Waals surface area contributed by atoms with Crippen LogP contribution in [-0.4, -0.2) is 29.8 Å². The minimum absolute atomic E-state index is 0.233. The zero-order valence-corrected chi connectivity index (χ0v) is 15.2. The fourth-order valence-corrected chi connectivity index (χ4v) is 3.85. The third-order valence-electron chi connectivity index (χ3n) is 4.61. The van der Waals surface area contributed by atoms with Crippen molar-refractivity contribution in [2.45, 2.75) is 12.8 Å². The Hall–Kier alpha value is -2.40. The van der Waals surface area contributed by atoms with Crippen molar-refractivity contribution in [3.05, 3.63) is 70.3 Å². The molecule has 5 heteroatoms. The third kappa shape index (κ3) is 2.78. The molecule has 2 aromatic carbocycles. The van der Waals surface area contributed by atoms with Gasteiger partial charge >= 0.3 is 0 Å². The van der Waals surface area contributed by atoms with Gasteiger partial charge in [0.2, 0.25) is 0 Å². The number of nitrogens with zero attached hydrogens (tertiary/aromatic N) is 2. The van der Waals surface area contributed by atoms with Crippen molar-refractivity contribution in [2.75, 3.05) is 18.0 Å². The van der Waals surface area contributed by atoms with Gasteiger partial charge in [0, 0.05) is 17.6 Å². The number of likely N-dealkylation sites (tertiary alicyclic amines) is 1. The van der Waals surface area contributed by atoms with Gasteiger partial charge in [0.05, 0.1) is 11.3 Å². The molecule has 4 rings (SSSR count). The van der Waals surface area contributed by atoms with Crippen molar-refractivity contribution in [3.8, 4) is 0 Å². The number of halogens is 1. The first kappa shape index (κ1) is 16.1. The lowest BCUT2D eigenvalue weighted by atomic mass is 10.0. The average Bonchev–Trinajstić information content (AvgIpc) is 3.22. The first-order valence-corrected chi connectivity index (χ1v) is 9.15. The zero-order valence-electron chi connectivity index (χ0n) is 13.6. The first-order valence-electron chi connectivity index (χ1n) is 8.36. The lowest BCUT2D eigenvalue weighted by Crippen LogP contribution is -2.34. The predicted octanol–water partition coefficient (Wildman–Crippen LogP) is 3.83. The Morgan fingerprint density at radius 1 is 0.840 bits per heavy atom. The number of carbonyl (C=O) groups excluding carboxylic acids is 2. The van der Waals surface area contributed by atoms with Crippen LogP contribution in [0.4, 0.5) is 5.69 Å². The smallest absolute Gasteiger partial charge is 0.282 e. The monoisotopic (exact) mass is 396 g/mol. The van der Waals surface area contributed by atoms with Gasteiger partial charge in [-0.25, -0.2) is 4.90 Å². The molecule has 0 aliphatic carbocycles. The summed E-state index contributed by atoms with van der Waals surface area (Å²) in [6.07, 6.45) is 2.09. The quantitative estimate of drug-likeness (QED) is 0.740. The van der Waals surface area contributed by atoms with E-state index in [1.54, 1.807) is 12.1 Å². The number of anilines is 1. The Morgan fingerprint density at radius 2 is 1.56 bits per heavy atom. The summed E-state index contributed by atoms with van der Waals surface area (Å²) >= 11 is 3.42. The van der Waals surface area contributed by atoms with Crippen LogP contribution in [0.2, 0.25) is 0 Å². The molecule has 2 amide bonds. The molecule has 1 saturated heterocycles. The molecule has 0 saturated carbocycles. The van der Waals surface area contributed by atoms with Crippen molar-refractivity contribution in [2.24, 2.45) is 0 Å². The van der Waals surface area contributed by atoms with Gasteiger partial charge in [-0.3, -0.25) is 9.59 Å². The fourth-order valence-electron chi connectivity index (χ4n) is 3.47. The van der Waals surface area contributed by atoms with Crippen molar-refractivity contribution in [1.29, 1.82) is 0 Å². The van der Waals surface area contributed by atoms with Gasteiger partial charge in [0.25, 0.3) is 11.8 Å². The Balaban J connectivity index is 1.84. The molecular weight excluding hydrogens is 380 g/mol. The highest BCUT2D eigenvalue weighted by Crippen LogP contribution is 2.36. The second-order valence-corrected chi connectivity index (χ2v) is 7.13. The molecule has 2 aliphatic heterocycles. The molecule has 2 aliphatic rings. The number of benzene rings is 2. The number of rotatable bonds is 3. The van der Waals surface area contributed by atoms with Crippen LogP contribution in [-0.2, 0) is 9.59 Å². The molecule has 0 radical (unpaired) electrons. The van der Waals surface area contributed by atoms with Crippen LogP contribution in [0.5, 0.6) is 0 Å². The highest BCUT2D eigenvalue weighted by Gasteiger charge is 2.42. The Bertz CT molecular complexity index is 870. The molecule has 0 spiro atoms. The van der Waals surface area contributed by atoms with Crippen LogP contribution < -0.4 is 4.90 Å². The van der Waals surface area contributed by atoms with Gasteiger partial charge in [-0.2, -0.15) is 0 Å². The summed E-state index contributed by atoms with van der Waals surface area (Å²) in [5.74, 6) is -0.486. The van der Waals surface area contributed by atoms with E-state index in [2.05, 4.69) is 20.8 Å². The summed E-state index contributed by atoms with van der Waals surface area (Å²) in [7, 11) is 0. The van der Waals surface area contributed by atoms with Gasteiger partial charge in [-0.05, 0) is 36.6 Å². The summed E-state index contributed by atoms with van der Waals surface area (Å²) < 4.78 is 0.835. The molecule has 2 aromatic rings. The lowest BCUT2D eigenvalue weighted by Gasteiger charge is -2.20. The van der Waals surface area contributed by atoms with Gasteiger partial charge in [0.1, 0.15) is 5.70 Å². The van der Waals surface area contributed by atoms with Crippen LogP contribution in [0.1, 0.15) is 18.4 Å². The maximum Gasteiger partial charge on any atom is 0.282 e.